The van der Waals surface area contributed by atoms with Crippen LogP contribution in [0.2, 0.25) is 0 Å². The quantitative estimate of drug-likeness (QED) is 0.413. The van der Waals surface area contributed by atoms with E-state index in [9.17, 15) is 4.79 Å². The van der Waals surface area contributed by atoms with Gasteiger partial charge >= 0.3 is 0 Å². The lowest BCUT2D eigenvalue weighted by Gasteiger charge is -2.40. The van der Waals surface area contributed by atoms with Gasteiger partial charge in [-0.1, -0.05) is 78.7 Å². The number of hydrogen-bond acceptors (Lipinski definition) is 2. The molecule has 2 aliphatic carbocycles. The maximum absolute atomic E-state index is 14.7. The molecule has 3 aromatic rings. The monoisotopic (exact) mass is 461 g/mol. The van der Waals surface area contributed by atoms with Crippen LogP contribution in [0, 0.1) is 5.92 Å². The van der Waals surface area contributed by atoms with E-state index in [2.05, 4.69) is 54.6 Å². The van der Waals surface area contributed by atoms with E-state index in [0.29, 0.717) is 12.5 Å². The molecule has 0 N–H and O–H groups in total. The number of rotatable bonds is 5. The topological polar surface area (TPSA) is 29.5 Å². The van der Waals surface area contributed by atoms with Crippen molar-refractivity contribution in [1.29, 1.82) is 0 Å². The minimum absolute atomic E-state index is 0.203. The van der Waals surface area contributed by atoms with Gasteiger partial charge in [-0.3, -0.25) is 4.79 Å². The summed E-state index contributed by atoms with van der Waals surface area (Å²) in [5.74, 6) is 1.50. The minimum Gasteiger partial charge on any atom is -0.497 e. The van der Waals surface area contributed by atoms with Crippen molar-refractivity contribution in [3.05, 3.63) is 119 Å². The highest BCUT2D eigenvalue weighted by molar-refractivity contribution is 6.06. The third kappa shape index (κ3) is 3.61. The zero-order valence-corrected chi connectivity index (χ0v) is 20.2. The fourth-order valence-electron chi connectivity index (χ4n) is 6.37. The highest BCUT2D eigenvalue weighted by Gasteiger charge is 2.56. The van der Waals surface area contributed by atoms with Crippen molar-refractivity contribution in [2.45, 2.75) is 44.1 Å². The number of benzene rings is 3. The van der Waals surface area contributed by atoms with E-state index in [1.165, 1.54) is 30.4 Å². The molecule has 176 valence electrons. The lowest BCUT2D eigenvalue weighted by Crippen LogP contribution is -2.44. The lowest BCUT2D eigenvalue weighted by molar-refractivity contribution is -0.132. The molecule has 3 nitrogen and oxygen atoms in total. The summed E-state index contributed by atoms with van der Waals surface area (Å²) in [7, 11) is 1.69. The molecule has 1 saturated carbocycles. The largest absolute Gasteiger partial charge is 0.497 e. The molecule has 2 atom stereocenters. The minimum atomic E-state index is -0.642. The molecule has 3 aliphatic rings. The molecule has 3 aromatic carbocycles. The third-order valence-electron chi connectivity index (χ3n) is 8.08. The molecule has 0 saturated heterocycles. The second-order valence-corrected chi connectivity index (χ2v) is 10.0. The molecule has 0 aromatic heterocycles. The van der Waals surface area contributed by atoms with Gasteiger partial charge in [0.15, 0.2) is 0 Å². The first-order valence-electron chi connectivity index (χ1n) is 12.7. The van der Waals surface area contributed by atoms with Crippen LogP contribution in [0.3, 0.4) is 0 Å². The Hall–Kier alpha value is -3.59. The fraction of sp³-hybridized carbons (Fsp3) is 0.281. The van der Waals surface area contributed by atoms with Crippen LogP contribution in [-0.4, -0.2) is 17.9 Å². The van der Waals surface area contributed by atoms with Crippen molar-refractivity contribution in [2.24, 2.45) is 5.92 Å². The zero-order chi connectivity index (χ0) is 23.8. The van der Waals surface area contributed by atoms with E-state index < -0.39 is 5.41 Å². The molecular formula is C32H31NO2. The van der Waals surface area contributed by atoms with Gasteiger partial charge in [0, 0.05) is 0 Å². The molecule has 0 bridgehead atoms. The molecule has 1 amide bonds. The Balaban J connectivity index is 1.60. The maximum atomic E-state index is 14.7. The van der Waals surface area contributed by atoms with Crippen LogP contribution in [0.15, 0.2) is 102 Å². The Kier molecular flexibility index (Phi) is 5.56. The van der Waals surface area contributed by atoms with E-state index in [1.807, 2.05) is 41.3 Å². The van der Waals surface area contributed by atoms with Crippen LogP contribution in [0.4, 0.5) is 0 Å². The van der Waals surface area contributed by atoms with Crippen LogP contribution in [0.5, 0.6) is 5.75 Å². The van der Waals surface area contributed by atoms with E-state index in [-0.39, 0.29) is 5.91 Å². The molecule has 0 spiro atoms. The first-order chi connectivity index (χ1) is 17.2. The van der Waals surface area contributed by atoms with Gasteiger partial charge in [-0.05, 0) is 78.1 Å². The second-order valence-electron chi connectivity index (χ2n) is 10.0. The highest BCUT2D eigenvalue weighted by Crippen LogP contribution is 2.56. The average molecular weight is 462 g/mol. The second kappa shape index (κ2) is 8.88. The van der Waals surface area contributed by atoms with Crippen LogP contribution < -0.4 is 4.74 Å². The normalized spacial score (nSPS) is 23.6. The Bertz CT molecular complexity index is 1290. The summed E-state index contributed by atoms with van der Waals surface area (Å²) in [5, 5.41) is 0. The molecule has 6 rings (SSSR count). The Labute approximate surface area is 207 Å². The van der Waals surface area contributed by atoms with Gasteiger partial charge in [-0.25, -0.2) is 0 Å². The van der Waals surface area contributed by atoms with E-state index in [1.54, 1.807) is 7.11 Å². The smallest absolute Gasteiger partial charge is 0.242 e. The number of carbonyl (C=O) groups excluding carboxylic acids is 1. The van der Waals surface area contributed by atoms with Crippen molar-refractivity contribution < 1.29 is 9.53 Å². The molecule has 1 heterocycles. The zero-order valence-electron chi connectivity index (χ0n) is 20.2. The number of amides is 1. The fourth-order valence-corrected chi connectivity index (χ4v) is 6.37. The summed E-state index contributed by atoms with van der Waals surface area (Å²) in [6.45, 7) is 0.562. The Morgan fingerprint density at radius 3 is 2.34 bits per heavy atom. The van der Waals surface area contributed by atoms with E-state index in [4.69, 9.17) is 4.74 Å². The van der Waals surface area contributed by atoms with Gasteiger partial charge in [-0.2, -0.15) is 0 Å². The summed E-state index contributed by atoms with van der Waals surface area (Å²) in [5.41, 5.74) is 6.41. The third-order valence-corrected chi connectivity index (χ3v) is 8.08. The van der Waals surface area contributed by atoms with Gasteiger partial charge in [0.05, 0.1) is 19.4 Å². The highest BCUT2D eigenvalue weighted by atomic mass is 16.5. The number of methoxy groups -OCH3 is 1. The number of nitrogens with zero attached hydrogens (tertiary/aromatic N) is 1. The predicted molar refractivity (Wildman–Crippen MR) is 140 cm³/mol. The summed E-state index contributed by atoms with van der Waals surface area (Å²) in [6, 6.07) is 29.0. The van der Waals surface area contributed by atoms with Gasteiger partial charge in [0.25, 0.3) is 0 Å². The molecule has 3 heteroatoms. The van der Waals surface area contributed by atoms with Crippen LogP contribution >= 0.6 is 0 Å². The molecule has 1 fully saturated rings. The van der Waals surface area contributed by atoms with E-state index >= 15 is 0 Å². The van der Waals surface area contributed by atoms with Gasteiger partial charge in [-0.15, -0.1) is 0 Å². The molecule has 1 aliphatic heterocycles. The van der Waals surface area contributed by atoms with Crippen molar-refractivity contribution in [1.82, 2.24) is 4.90 Å². The summed E-state index contributed by atoms with van der Waals surface area (Å²) in [6.07, 6.45) is 8.08. The summed E-state index contributed by atoms with van der Waals surface area (Å²) < 4.78 is 5.43. The maximum Gasteiger partial charge on any atom is 0.242 e. The average Bonchev–Trinajstić information content (AvgIpc) is 3.16. The van der Waals surface area contributed by atoms with Crippen molar-refractivity contribution in [3.8, 4) is 5.75 Å². The van der Waals surface area contributed by atoms with E-state index in [0.717, 1.165) is 41.0 Å². The molecule has 35 heavy (non-hydrogen) atoms. The number of hydrogen-bond donors (Lipinski definition) is 0. The van der Waals surface area contributed by atoms with Crippen LogP contribution in [0.1, 0.15) is 48.8 Å². The van der Waals surface area contributed by atoms with Crippen molar-refractivity contribution >= 4 is 11.6 Å². The molecule has 0 radical (unpaired) electrons. The Morgan fingerprint density at radius 2 is 1.63 bits per heavy atom. The van der Waals surface area contributed by atoms with Crippen LogP contribution in [-0.2, 0) is 16.8 Å². The summed E-state index contributed by atoms with van der Waals surface area (Å²) >= 11 is 0. The van der Waals surface area contributed by atoms with Crippen molar-refractivity contribution in [2.75, 3.05) is 7.11 Å². The predicted octanol–water partition coefficient (Wildman–Crippen LogP) is 6.91. The Morgan fingerprint density at radius 1 is 0.914 bits per heavy atom. The van der Waals surface area contributed by atoms with Crippen LogP contribution in [0.25, 0.3) is 5.70 Å². The van der Waals surface area contributed by atoms with Gasteiger partial charge in [0.2, 0.25) is 5.91 Å². The standard InChI is InChI=1S/C32H31NO2/c1-35-28-18-16-24(17-19-28)30-29-20-25-12-8-9-13-26(25)21-32(29,27-14-6-3-7-15-27)31(34)33(30)22-23-10-4-2-5-11-23/h2-7,10-11,14-20,26H,8-9,12-13,21-22H2,1H3/t26-,32+/m1/s1. The van der Waals surface area contributed by atoms with Gasteiger partial charge in [0.1, 0.15) is 11.2 Å². The SMILES string of the molecule is COc1ccc(C2=C3C=C4CCCC[C@@H]4C[C@@]3(c3ccccc3)C(=O)N2Cc2ccccc2)cc1. The number of carbonyl (C=O) groups is 1. The lowest BCUT2D eigenvalue weighted by atomic mass is 9.61. The van der Waals surface area contributed by atoms with Crippen molar-refractivity contribution in [3.63, 3.8) is 0 Å². The number of ether oxygens (including phenoxy) is 1. The molecular weight excluding hydrogens is 430 g/mol. The first-order valence-corrected chi connectivity index (χ1v) is 12.7. The first kappa shape index (κ1) is 21.9. The molecule has 0 unspecified atom stereocenters. The number of fused-ring (bicyclic) bond motifs is 2. The van der Waals surface area contributed by atoms with Gasteiger partial charge < -0.3 is 9.64 Å². The summed E-state index contributed by atoms with van der Waals surface area (Å²) in [4.78, 5) is 16.7. The number of allylic oxidation sites excluding steroid dienone is 2.